The number of sulfonamides is 1. The van der Waals surface area contributed by atoms with Crippen LogP contribution >= 0.6 is 15.9 Å². The SMILES string of the molecule is COc1cc(CNS(=O)(=O)c2cc(Br)cnc2N)ccn1. The standard InChI is InChI=1S/C12H13BrN4O3S/c1-20-11-4-8(2-3-15-11)6-17-21(18,19)10-5-9(13)7-16-12(10)14/h2-5,7,17H,6H2,1H3,(H2,14,16). The van der Waals surface area contributed by atoms with Gasteiger partial charge in [-0.1, -0.05) is 0 Å². The van der Waals surface area contributed by atoms with Gasteiger partial charge in [-0.25, -0.2) is 23.1 Å². The van der Waals surface area contributed by atoms with E-state index in [1.807, 2.05) is 0 Å². The number of rotatable bonds is 5. The average Bonchev–Trinajstić information content (AvgIpc) is 2.48. The molecule has 0 spiro atoms. The summed E-state index contributed by atoms with van der Waals surface area (Å²) in [6, 6.07) is 4.73. The summed E-state index contributed by atoms with van der Waals surface area (Å²) in [5.74, 6) is 0.355. The molecule has 0 amide bonds. The van der Waals surface area contributed by atoms with Crippen molar-refractivity contribution < 1.29 is 13.2 Å². The van der Waals surface area contributed by atoms with E-state index >= 15 is 0 Å². The van der Waals surface area contributed by atoms with Gasteiger partial charge in [-0.2, -0.15) is 0 Å². The Morgan fingerprint density at radius 3 is 2.86 bits per heavy atom. The molecule has 7 nitrogen and oxygen atoms in total. The highest BCUT2D eigenvalue weighted by molar-refractivity contribution is 9.10. The van der Waals surface area contributed by atoms with Crippen LogP contribution in [0.1, 0.15) is 5.56 Å². The van der Waals surface area contributed by atoms with Crippen molar-refractivity contribution in [2.24, 2.45) is 0 Å². The quantitative estimate of drug-likeness (QED) is 0.818. The molecular weight excluding hydrogens is 360 g/mol. The number of nitrogen functional groups attached to an aromatic ring is 1. The molecule has 21 heavy (non-hydrogen) atoms. The first-order valence-electron chi connectivity index (χ1n) is 5.82. The number of pyridine rings is 2. The molecule has 0 saturated carbocycles. The van der Waals surface area contributed by atoms with Gasteiger partial charge < -0.3 is 10.5 Å². The molecule has 9 heteroatoms. The van der Waals surface area contributed by atoms with E-state index in [-0.39, 0.29) is 17.3 Å². The predicted octanol–water partition coefficient (Wildman–Crippen LogP) is 1.31. The lowest BCUT2D eigenvalue weighted by Gasteiger charge is -2.09. The van der Waals surface area contributed by atoms with E-state index < -0.39 is 10.0 Å². The maximum absolute atomic E-state index is 12.2. The number of nitrogens with two attached hydrogens (primary N) is 1. The minimum atomic E-state index is -3.76. The summed E-state index contributed by atoms with van der Waals surface area (Å²) >= 11 is 3.17. The zero-order valence-electron chi connectivity index (χ0n) is 11.1. The zero-order chi connectivity index (χ0) is 15.5. The molecule has 2 heterocycles. The van der Waals surface area contributed by atoms with Crippen molar-refractivity contribution in [1.29, 1.82) is 0 Å². The second-order valence-electron chi connectivity index (χ2n) is 4.07. The number of anilines is 1. The fourth-order valence-electron chi connectivity index (χ4n) is 1.57. The van der Waals surface area contributed by atoms with Crippen molar-refractivity contribution in [1.82, 2.24) is 14.7 Å². The van der Waals surface area contributed by atoms with Crippen LogP contribution in [0.3, 0.4) is 0 Å². The fourth-order valence-corrected chi connectivity index (χ4v) is 3.18. The van der Waals surface area contributed by atoms with E-state index in [0.29, 0.717) is 15.9 Å². The van der Waals surface area contributed by atoms with E-state index in [9.17, 15) is 8.42 Å². The van der Waals surface area contributed by atoms with E-state index in [1.165, 1.54) is 25.6 Å². The van der Waals surface area contributed by atoms with Gasteiger partial charge in [-0.15, -0.1) is 0 Å². The van der Waals surface area contributed by atoms with E-state index in [0.717, 1.165) is 0 Å². The second kappa shape index (κ2) is 6.37. The number of nitrogens with one attached hydrogen (secondary N) is 1. The molecule has 0 saturated heterocycles. The maximum atomic E-state index is 12.2. The van der Waals surface area contributed by atoms with Gasteiger partial charge in [0.1, 0.15) is 10.7 Å². The molecule has 0 atom stereocenters. The molecule has 112 valence electrons. The molecule has 0 bridgehead atoms. The van der Waals surface area contributed by atoms with Crippen LogP contribution in [0, 0.1) is 0 Å². The molecule has 0 fully saturated rings. The molecule has 0 unspecified atom stereocenters. The van der Waals surface area contributed by atoms with Crippen molar-refractivity contribution in [3.8, 4) is 5.88 Å². The lowest BCUT2D eigenvalue weighted by Crippen LogP contribution is -2.24. The zero-order valence-corrected chi connectivity index (χ0v) is 13.5. The molecule has 0 aliphatic carbocycles. The topological polar surface area (TPSA) is 107 Å². The summed E-state index contributed by atoms with van der Waals surface area (Å²) in [4.78, 5) is 7.69. The van der Waals surface area contributed by atoms with E-state index in [1.54, 1.807) is 12.1 Å². The van der Waals surface area contributed by atoms with Gasteiger partial charge >= 0.3 is 0 Å². The highest BCUT2D eigenvalue weighted by atomic mass is 79.9. The molecule has 2 rings (SSSR count). The summed E-state index contributed by atoms with van der Waals surface area (Å²) in [7, 11) is -2.27. The Labute approximate surface area is 130 Å². The van der Waals surface area contributed by atoms with Crippen molar-refractivity contribution in [3.63, 3.8) is 0 Å². The van der Waals surface area contributed by atoms with Gasteiger partial charge in [0.15, 0.2) is 0 Å². The number of halogens is 1. The molecule has 0 aliphatic rings. The normalized spacial score (nSPS) is 11.3. The molecular formula is C12H13BrN4O3S. The smallest absolute Gasteiger partial charge is 0.244 e. The van der Waals surface area contributed by atoms with Gasteiger partial charge in [-0.3, -0.25) is 0 Å². The van der Waals surface area contributed by atoms with Gasteiger partial charge in [0.2, 0.25) is 15.9 Å². The minimum absolute atomic E-state index is 0.0574. The molecule has 2 aromatic rings. The Morgan fingerprint density at radius 2 is 2.14 bits per heavy atom. The van der Waals surface area contributed by atoms with Crippen LogP contribution in [0.4, 0.5) is 5.82 Å². The van der Waals surface area contributed by atoms with Crippen LogP contribution < -0.4 is 15.2 Å². The van der Waals surface area contributed by atoms with Crippen LogP contribution in [0.2, 0.25) is 0 Å². The highest BCUT2D eigenvalue weighted by Gasteiger charge is 2.18. The first kappa shape index (κ1) is 15.7. The molecule has 3 N–H and O–H groups in total. The summed E-state index contributed by atoms with van der Waals surface area (Å²) in [5.41, 5.74) is 6.32. The van der Waals surface area contributed by atoms with Gasteiger partial charge in [0, 0.05) is 29.5 Å². The first-order chi connectivity index (χ1) is 9.92. The highest BCUT2D eigenvalue weighted by Crippen LogP contribution is 2.20. The first-order valence-corrected chi connectivity index (χ1v) is 8.09. The third kappa shape index (κ3) is 3.90. The van der Waals surface area contributed by atoms with Crippen molar-refractivity contribution in [2.45, 2.75) is 11.4 Å². The lowest BCUT2D eigenvalue weighted by molar-refractivity contribution is 0.397. The van der Waals surface area contributed by atoms with Crippen LogP contribution in [-0.2, 0) is 16.6 Å². The van der Waals surface area contributed by atoms with Crippen LogP contribution in [-0.4, -0.2) is 25.5 Å². The van der Waals surface area contributed by atoms with Gasteiger partial charge in [0.05, 0.1) is 7.11 Å². The van der Waals surface area contributed by atoms with Gasteiger partial charge in [-0.05, 0) is 33.6 Å². The third-order valence-corrected chi connectivity index (χ3v) is 4.48. The van der Waals surface area contributed by atoms with Crippen LogP contribution in [0.15, 0.2) is 40.0 Å². The molecule has 0 radical (unpaired) electrons. The molecule has 0 aromatic carbocycles. The maximum Gasteiger partial charge on any atom is 0.244 e. The monoisotopic (exact) mass is 372 g/mol. The van der Waals surface area contributed by atoms with E-state index in [4.69, 9.17) is 10.5 Å². The number of hydrogen-bond acceptors (Lipinski definition) is 6. The van der Waals surface area contributed by atoms with Crippen molar-refractivity contribution in [3.05, 3.63) is 40.6 Å². The summed E-state index contributed by atoms with van der Waals surface area (Å²) in [6.07, 6.45) is 2.97. The minimum Gasteiger partial charge on any atom is -0.481 e. The lowest BCUT2D eigenvalue weighted by atomic mass is 10.3. The Morgan fingerprint density at radius 1 is 1.38 bits per heavy atom. The second-order valence-corrected chi connectivity index (χ2v) is 6.72. The Hall–Kier alpha value is -1.71. The largest absolute Gasteiger partial charge is 0.481 e. The molecule has 2 aromatic heterocycles. The third-order valence-electron chi connectivity index (χ3n) is 2.61. The average molecular weight is 373 g/mol. The van der Waals surface area contributed by atoms with E-state index in [2.05, 4.69) is 30.6 Å². The van der Waals surface area contributed by atoms with Crippen LogP contribution in [0.25, 0.3) is 0 Å². The summed E-state index contributed by atoms with van der Waals surface area (Å²) in [6.45, 7) is 0.0904. The number of aromatic nitrogens is 2. The van der Waals surface area contributed by atoms with Crippen LogP contribution in [0.5, 0.6) is 5.88 Å². The Bertz CT molecular complexity index is 752. The Kier molecular flexibility index (Phi) is 4.76. The summed E-state index contributed by atoms with van der Waals surface area (Å²) in [5, 5.41) is 0. The van der Waals surface area contributed by atoms with Crippen molar-refractivity contribution in [2.75, 3.05) is 12.8 Å². The number of hydrogen-bond donors (Lipinski definition) is 2. The predicted molar refractivity (Wildman–Crippen MR) is 81.2 cm³/mol. The number of nitrogens with zero attached hydrogens (tertiary/aromatic N) is 2. The Balaban J connectivity index is 2.19. The number of methoxy groups -OCH3 is 1. The molecule has 0 aliphatic heterocycles. The van der Waals surface area contributed by atoms with Crippen molar-refractivity contribution >= 4 is 31.8 Å². The summed E-state index contributed by atoms with van der Waals surface area (Å²) < 4.78 is 32.4. The number of ether oxygens (including phenoxy) is 1. The van der Waals surface area contributed by atoms with Gasteiger partial charge in [0.25, 0.3) is 0 Å². The fraction of sp³-hybridized carbons (Fsp3) is 0.167.